The van der Waals surface area contributed by atoms with E-state index in [4.69, 9.17) is 0 Å². The van der Waals surface area contributed by atoms with Gasteiger partial charge in [0.15, 0.2) is 0 Å². The zero-order chi connectivity index (χ0) is 29.2. The number of hydrogen-bond donors (Lipinski definition) is 2. The molecule has 0 bridgehead atoms. The van der Waals surface area contributed by atoms with Gasteiger partial charge < -0.3 is 15.0 Å². The van der Waals surface area contributed by atoms with Crippen molar-refractivity contribution in [1.82, 2.24) is 14.9 Å². The van der Waals surface area contributed by atoms with Crippen LogP contribution in [-0.2, 0) is 24.2 Å². The Bertz CT molecular complexity index is 1490. The summed E-state index contributed by atoms with van der Waals surface area (Å²) in [5, 5.41) is 12.4. The smallest absolute Gasteiger partial charge is 0.326 e. The number of amides is 1. The van der Waals surface area contributed by atoms with E-state index >= 15 is 0 Å². The predicted molar refractivity (Wildman–Crippen MR) is 159 cm³/mol. The molecule has 6 nitrogen and oxygen atoms in total. The van der Waals surface area contributed by atoms with E-state index in [1.54, 1.807) is 42.9 Å². The molecule has 0 radical (unpaired) electrons. The molecule has 0 saturated carbocycles. The maximum absolute atomic E-state index is 13.7. The number of carbonyl (C=O) groups excluding carboxylic acids is 1. The molecular formula is C32H31F2N3O3S. The van der Waals surface area contributed by atoms with Gasteiger partial charge in [-0.05, 0) is 95.5 Å². The van der Waals surface area contributed by atoms with E-state index in [9.17, 15) is 23.5 Å². The molecule has 0 saturated heterocycles. The molecule has 4 rings (SSSR count). The Morgan fingerprint density at radius 3 is 2.37 bits per heavy atom. The number of thioether (sulfide) groups is 1. The Morgan fingerprint density at radius 1 is 1.02 bits per heavy atom. The third-order valence-electron chi connectivity index (χ3n) is 6.66. The van der Waals surface area contributed by atoms with Crippen molar-refractivity contribution in [2.45, 2.75) is 31.8 Å². The Labute approximate surface area is 242 Å². The van der Waals surface area contributed by atoms with Crippen molar-refractivity contribution >= 4 is 35.3 Å². The van der Waals surface area contributed by atoms with E-state index in [1.807, 2.05) is 35.2 Å². The predicted octanol–water partition coefficient (Wildman–Crippen LogP) is 6.12. The van der Waals surface area contributed by atoms with Crippen LogP contribution in [0.1, 0.15) is 39.0 Å². The van der Waals surface area contributed by atoms with Crippen LogP contribution in [0.5, 0.6) is 0 Å². The number of carboxylic acids is 1. The lowest BCUT2D eigenvalue weighted by Gasteiger charge is -2.17. The number of allylic oxidation sites excluding steroid dienone is 1. The molecule has 3 aromatic carbocycles. The van der Waals surface area contributed by atoms with Crippen LogP contribution >= 0.6 is 11.8 Å². The second kappa shape index (κ2) is 14.4. The SMILES string of the molecule is CSCCC(NC(=O)c1cc(/C=C(\Cn2ccnc2)c2ccc(F)cc2)ccc1CCc1ccc(F)cc1)C(=O)O. The van der Waals surface area contributed by atoms with Gasteiger partial charge in [-0.1, -0.05) is 36.4 Å². The average molecular weight is 576 g/mol. The highest BCUT2D eigenvalue weighted by Gasteiger charge is 2.22. The van der Waals surface area contributed by atoms with E-state index < -0.39 is 17.9 Å². The van der Waals surface area contributed by atoms with Crippen LogP contribution in [0.15, 0.2) is 85.5 Å². The summed E-state index contributed by atoms with van der Waals surface area (Å²) < 4.78 is 28.9. The monoisotopic (exact) mass is 575 g/mol. The Hall–Kier alpha value is -4.24. The lowest BCUT2D eigenvalue weighted by molar-refractivity contribution is -0.139. The maximum Gasteiger partial charge on any atom is 0.326 e. The van der Waals surface area contributed by atoms with Crippen molar-refractivity contribution in [3.8, 4) is 0 Å². The zero-order valence-electron chi connectivity index (χ0n) is 22.6. The Morgan fingerprint density at radius 2 is 1.73 bits per heavy atom. The standard InChI is InChI=1S/C32H31F2N3O3S/c1-41-17-14-30(32(39)40)36-31(38)29-19-23(3-7-25(29)6-2-22-4-10-27(33)11-5-22)18-26(20-37-16-15-35-21-37)24-8-12-28(34)13-9-24/h3-5,7-13,15-16,18-19,21,30H,2,6,14,17,20H2,1H3,(H,36,38)(H,39,40)/b26-18+. The molecule has 1 atom stereocenters. The van der Waals surface area contributed by atoms with E-state index in [0.717, 1.165) is 27.8 Å². The maximum atomic E-state index is 13.7. The third-order valence-corrected chi connectivity index (χ3v) is 7.30. The number of nitrogens with zero attached hydrogens (tertiary/aromatic N) is 2. The number of benzene rings is 3. The molecule has 1 aromatic heterocycles. The third kappa shape index (κ3) is 8.62. The minimum absolute atomic E-state index is 0.298. The molecule has 0 fully saturated rings. The number of rotatable bonds is 13. The zero-order valence-corrected chi connectivity index (χ0v) is 23.4. The first-order valence-corrected chi connectivity index (χ1v) is 14.5. The van der Waals surface area contributed by atoms with E-state index in [0.29, 0.717) is 37.1 Å². The molecule has 9 heteroatoms. The number of aromatic nitrogens is 2. The highest BCUT2D eigenvalue weighted by molar-refractivity contribution is 7.98. The highest BCUT2D eigenvalue weighted by Crippen LogP contribution is 2.24. The molecule has 41 heavy (non-hydrogen) atoms. The normalized spacial score (nSPS) is 12.2. The average Bonchev–Trinajstić information content (AvgIpc) is 3.48. The van der Waals surface area contributed by atoms with Crippen LogP contribution in [0.2, 0.25) is 0 Å². The molecule has 0 spiro atoms. The number of aryl methyl sites for hydroxylation is 2. The molecular weight excluding hydrogens is 544 g/mol. The number of carboxylic acid groups (broad SMARTS) is 1. The summed E-state index contributed by atoms with van der Waals surface area (Å²) in [5.74, 6) is -1.62. The summed E-state index contributed by atoms with van der Waals surface area (Å²) in [5.41, 5.74) is 4.46. The minimum Gasteiger partial charge on any atom is -0.480 e. The summed E-state index contributed by atoms with van der Waals surface area (Å²) in [7, 11) is 0. The highest BCUT2D eigenvalue weighted by atomic mass is 32.2. The first-order valence-electron chi connectivity index (χ1n) is 13.1. The van der Waals surface area contributed by atoms with Crippen LogP contribution in [-0.4, -0.2) is 44.6 Å². The number of imidazole rings is 1. The number of nitrogens with one attached hydrogen (secondary N) is 1. The Balaban J connectivity index is 1.69. The van der Waals surface area contributed by atoms with Crippen molar-refractivity contribution in [2.24, 2.45) is 0 Å². The van der Waals surface area contributed by atoms with Gasteiger partial charge in [-0.25, -0.2) is 18.6 Å². The van der Waals surface area contributed by atoms with E-state index in [1.165, 1.54) is 36.0 Å². The van der Waals surface area contributed by atoms with Gasteiger partial charge >= 0.3 is 5.97 Å². The summed E-state index contributed by atoms with van der Waals surface area (Å²) in [6.07, 6.45) is 10.4. The lowest BCUT2D eigenvalue weighted by atomic mass is 9.95. The van der Waals surface area contributed by atoms with Gasteiger partial charge in [0, 0.05) is 24.5 Å². The summed E-state index contributed by atoms with van der Waals surface area (Å²) >= 11 is 1.51. The quantitative estimate of drug-likeness (QED) is 0.188. The largest absolute Gasteiger partial charge is 0.480 e. The van der Waals surface area contributed by atoms with Gasteiger partial charge in [-0.15, -0.1) is 0 Å². The van der Waals surface area contributed by atoms with Gasteiger partial charge in [0.1, 0.15) is 17.7 Å². The van der Waals surface area contributed by atoms with Crippen LogP contribution in [0, 0.1) is 11.6 Å². The summed E-state index contributed by atoms with van der Waals surface area (Å²) in [6.45, 7) is 0.468. The van der Waals surface area contributed by atoms with Crippen molar-refractivity contribution in [2.75, 3.05) is 12.0 Å². The summed E-state index contributed by atoms with van der Waals surface area (Å²) in [4.78, 5) is 29.4. The number of halogens is 2. The molecule has 2 N–H and O–H groups in total. The van der Waals surface area contributed by atoms with Crippen LogP contribution < -0.4 is 5.32 Å². The minimum atomic E-state index is -1.09. The van der Waals surface area contributed by atoms with Crippen molar-refractivity contribution in [3.05, 3.63) is 125 Å². The second-order valence-electron chi connectivity index (χ2n) is 9.60. The molecule has 0 aliphatic heterocycles. The molecule has 0 aliphatic rings. The molecule has 4 aromatic rings. The fourth-order valence-electron chi connectivity index (χ4n) is 4.43. The van der Waals surface area contributed by atoms with Crippen molar-refractivity contribution in [3.63, 3.8) is 0 Å². The van der Waals surface area contributed by atoms with Crippen LogP contribution in [0.4, 0.5) is 8.78 Å². The number of aliphatic carboxylic acids is 1. The molecule has 1 unspecified atom stereocenters. The van der Waals surface area contributed by atoms with Crippen molar-refractivity contribution in [1.29, 1.82) is 0 Å². The van der Waals surface area contributed by atoms with Gasteiger partial charge in [-0.2, -0.15) is 11.8 Å². The second-order valence-corrected chi connectivity index (χ2v) is 10.6. The number of hydrogen-bond acceptors (Lipinski definition) is 4. The molecule has 0 aliphatic carbocycles. The van der Waals surface area contributed by atoms with Gasteiger partial charge in [0.25, 0.3) is 5.91 Å². The van der Waals surface area contributed by atoms with Gasteiger partial charge in [0.05, 0.1) is 6.33 Å². The van der Waals surface area contributed by atoms with Crippen LogP contribution in [0.25, 0.3) is 11.6 Å². The molecule has 1 heterocycles. The van der Waals surface area contributed by atoms with Crippen LogP contribution in [0.3, 0.4) is 0 Å². The van der Waals surface area contributed by atoms with E-state index in [2.05, 4.69) is 10.3 Å². The molecule has 212 valence electrons. The first-order chi connectivity index (χ1) is 19.8. The molecule has 1 amide bonds. The fraction of sp³-hybridized carbons (Fsp3) is 0.219. The van der Waals surface area contributed by atoms with Crippen molar-refractivity contribution < 1.29 is 23.5 Å². The summed E-state index contributed by atoms with van der Waals surface area (Å²) in [6, 6.07) is 16.9. The van der Waals surface area contributed by atoms with Gasteiger partial charge in [0.2, 0.25) is 0 Å². The number of carbonyl (C=O) groups is 2. The van der Waals surface area contributed by atoms with Gasteiger partial charge in [-0.3, -0.25) is 4.79 Å². The Kier molecular flexibility index (Phi) is 10.5. The fourth-order valence-corrected chi connectivity index (χ4v) is 4.91. The topological polar surface area (TPSA) is 84.2 Å². The first kappa shape index (κ1) is 29.7. The lowest BCUT2D eigenvalue weighted by Crippen LogP contribution is -2.41. The van der Waals surface area contributed by atoms with E-state index in [-0.39, 0.29) is 11.6 Å².